The molecule has 0 aliphatic carbocycles. The van der Waals surface area contributed by atoms with Gasteiger partial charge in [-0.3, -0.25) is 0 Å². The molecule has 0 radical (unpaired) electrons. The molecule has 1 aromatic heterocycles. The van der Waals surface area contributed by atoms with Crippen LogP contribution in [0, 0.1) is 24.2 Å². The van der Waals surface area contributed by atoms with E-state index in [4.69, 9.17) is 5.26 Å². The molecule has 2 atom stereocenters. The van der Waals surface area contributed by atoms with Crippen molar-refractivity contribution in [1.82, 2.24) is 9.55 Å². The highest BCUT2D eigenvalue weighted by atomic mass is 15.1. The van der Waals surface area contributed by atoms with Crippen molar-refractivity contribution in [3.63, 3.8) is 0 Å². The summed E-state index contributed by atoms with van der Waals surface area (Å²) in [6, 6.07) is 2.64. The zero-order valence-corrected chi connectivity index (χ0v) is 9.36. The van der Waals surface area contributed by atoms with Crippen molar-refractivity contribution in [3.05, 3.63) is 23.8 Å². The molecule has 0 bridgehead atoms. The van der Waals surface area contributed by atoms with Gasteiger partial charge in [-0.05, 0) is 26.2 Å². The van der Waals surface area contributed by atoms with Gasteiger partial charge in [0.25, 0.3) is 0 Å². The van der Waals surface area contributed by atoms with Gasteiger partial charge >= 0.3 is 0 Å². The van der Waals surface area contributed by atoms with Crippen LogP contribution in [0.5, 0.6) is 0 Å². The van der Waals surface area contributed by atoms with E-state index in [1.807, 2.05) is 19.2 Å². The molecule has 78 valence electrons. The fourth-order valence-electron chi connectivity index (χ4n) is 1.99. The van der Waals surface area contributed by atoms with Gasteiger partial charge in [0.2, 0.25) is 0 Å². The Hall–Kier alpha value is -1.56. The van der Waals surface area contributed by atoms with Gasteiger partial charge < -0.3 is 4.57 Å². The first-order valence-electron chi connectivity index (χ1n) is 5.29. The maximum atomic E-state index is 9.07. The lowest BCUT2D eigenvalue weighted by Gasteiger charge is -2.19. The van der Waals surface area contributed by atoms with E-state index in [1.165, 1.54) is 0 Å². The van der Waals surface area contributed by atoms with Crippen molar-refractivity contribution >= 4 is 5.57 Å². The van der Waals surface area contributed by atoms with Crippen LogP contribution in [-0.4, -0.2) is 9.55 Å². The lowest BCUT2D eigenvalue weighted by molar-refractivity contribution is 0.385. The predicted molar refractivity (Wildman–Crippen MR) is 59.0 cm³/mol. The fourth-order valence-corrected chi connectivity index (χ4v) is 1.99. The van der Waals surface area contributed by atoms with Crippen molar-refractivity contribution in [2.75, 3.05) is 0 Å². The summed E-state index contributed by atoms with van der Waals surface area (Å²) in [5.41, 5.74) is 1.69. The molecule has 3 heteroatoms. The minimum Gasteiger partial charge on any atom is -0.327 e. The molecule has 2 heterocycles. The van der Waals surface area contributed by atoms with E-state index >= 15 is 0 Å². The number of nitrogens with zero attached hydrogens (tertiary/aromatic N) is 3. The Morgan fingerprint density at radius 2 is 2.27 bits per heavy atom. The van der Waals surface area contributed by atoms with Crippen LogP contribution >= 0.6 is 0 Å². The maximum Gasteiger partial charge on any atom is 0.150 e. The molecule has 0 spiro atoms. The average molecular weight is 201 g/mol. The number of fused-ring (bicyclic) bond motifs is 1. The molecule has 0 N–H and O–H groups in total. The van der Waals surface area contributed by atoms with Gasteiger partial charge in [0.05, 0.1) is 11.3 Å². The number of imidazole rings is 1. The zero-order valence-electron chi connectivity index (χ0n) is 9.36. The molecule has 1 aliphatic heterocycles. The highest BCUT2D eigenvalue weighted by Crippen LogP contribution is 2.30. The minimum atomic E-state index is 0.406. The van der Waals surface area contributed by atoms with Crippen LogP contribution in [0.25, 0.3) is 5.57 Å². The van der Waals surface area contributed by atoms with E-state index in [0.717, 1.165) is 17.9 Å². The number of allylic oxidation sites excluding steroid dienone is 2. The van der Waals surface area contributed by atoms with Gasteiger partial charge in [-0.25, -0.2) is 4.98 Å². The van der Waals surface area contributed by atoms with E-state index < -0.39 is 0 Å². The first-order chi connectivity index (χ1) is 7.13. The molecule has 0 aromatic carbocycles. The Labute approximate surface area is 90.1 Å². The third-order valence-corrected chi connectivity index (χ3v) is 3.17. The van der Waals surface area contributed by atoms with E-state index in [-0.39, 0.29) is 0 Å². The number of hydrogen-bond donors (Lipinski definition) is 0. The molecule has 1 aromatic rings. The Kier molecular flexibility index (Phi) is 2.36. The summed E-state index contributed by atoms with van der Waals surface area (Å²) in [6.45, 7) is 6.36. The molecule has 1 aliphatic rings. The monoisotopic (exact) mass is 201 g/mol. The largest absolute Gasteiger partial charge is 0.327 e. The van der Waals surface area contributed by atoms with Gasteiger partial charge in [-0.2, -0.15) is 5.26 Å². The smallest absolute Gasteiger partial charge is 0.150 e. The number of aromatic nitrogens is 2. The van der Waals surface area contributed by atoms with Crippen LogP contribution in [0.4, 0.5) is 0 Å². The topological polar surface area (TPSA) is 41.6 Å². The lowest BCUT2D eigenvalue weighted by atomic mass is 10.00. The van der Waals surface area contributed by atoms with Gasteiger partial charge in [0.1, 0.15) is 6.07 Å². The summed E-state index contributed by atoms with van der Waals surface area (Å²) >= 11 is 0. The van der Waals surface area contributed by atoms with E-state index in [9.17, 15) is 0 Å². The Morgan fingerprint density at radius 3 is 2.93 bits per heavy atom. The lowest BCUT2D eigenvalue weighted by Crippen LogP contribution is -2.12. The van der Waals surface area contributed by atoms with Crippen molar-refractivity contribution < 1.29 is 0 Å². The normalized spacial score (nSPS) is 25.1. The molecular weight excluding hydrogens is 186 g/mol. The molecule has 0 fully saturated rings. The highest BCUT2D eigenvalue weighted by molar-refractivity contribution is 5.73. The van der Waals surface area contributed by atoms with E-state index in [1.54, 1.807) is 0 Å². The quantitative estimate of drug-likeness (QED) is 0.647. The second-order valence-corrected chi connectivity index (χ2v) is 4.30. The van der Waals surface area contributed by atoms with Gasteiger partial charge in [-0.15, -0.1) is 0 Å². The van der Waals surface area contributed by atoms with E-state index in [2.05, 4.69) is 29.5 Å². The van der Waals surface area contributed by atoms with Crippen LogP contribution in [0.15, 0.2) is 12.3 Å². The van der Waals surface area contributed by atoms with E-state index in [0.29, 0.717) is 17.5 Å². The second-order valence-electron chi connectivity index (χ2n) is 4.30. The number of hydrogen-bond acceptors (Lipinski definition) is 2. The van der Waals surface area contributed by atoms with Gasteiger partial charge in [0.15, 0.2) is 5.82 Å². The molecule has 0 saturated heterocycles. The second kappa shape index (κ2) is 3.54. The highest BCUT2D eigenvalue weighted by Gasteiger charge is 2.22. The molecule has 0 amide bonds. The summed E-state index contributed by atoms with van der Waals surface area (Å²) in [7, 11) is 0. The minimum absolute atomic E-state index is 0.406. The summed E-state index contributed by atoms with van der Waals surface area (Å²) < 4.78 is 2.13. The summed E-state index contributed by atoms with van der Waals surface area (Å²) in [5, 5.41) is 9.07. The van der Waals surface area contributed by atoms with Crippen molar-refractivity contribution in [1.29, 1.82) is 5.26 Å². The fraction of sp³-hybridized carbons (Fsp3) is 0.500. The Morgan fingerprint density at radius 1 is 1.53 bits per heavy atom. The molecule has 0 saturated carbocycles. The maximum absolute atomic E-state index is 9.07. The summed E-state index contributed by atoms with van der Waals surface area (Å²) in [5.74, 6) is 1.37. The van der Waals surface area contributed by atoms with Gasteiger partial charge in [-0.1, -0.05) is 13.0 Å². The van der Waals surface area contributed by atoms with Crippen molar-refractivity contribution in [3.8, 4) is 6.07 Å². The van der Waals surface area contributed by atoms with Crippen LogP contribution in [-0.2, 0) is 0 Å². The average Bonchev–Trinajstić information content (AvgIpc) is 2.55. The third kappa shape index (κ3) is 1.56. The summed E-state index contributed by atoms with van der Waals surface area (Å²) in [6.07, 6.45) is 4.99. The molecular formula is C12H15N3. The molecule has 15 heavy (non-hydrogen) atoms. The molecule has 3 nitrogen and oxygen atoms in total. The summed E-state index contributed by atoms with van der Waals surface area (Å²) in [4.78, 5) is 4.42. The van der Waals surface area contributed by atoms with Crippen molar-refractivity contribution in [2.24, 2.45) is 5.92 Å². The van der Waals surface area contributed by atoms with Crippen LogP contribution in [0.3, 0.4) is 0 Å². The number of rotatable bonds is 0. The standard InChI is InChI=1S/C12H15N3/c1-8-4-5-11(6-13)12-14-9(2)7-15(12)10(8)3/h5,7-8,10H,4H2,1-3H3/t8?,10-/m1/s1. The molecule has 2 rings (SSSR count). The SMILES string of the molecule is Cc1cn2c(n1)C(C#N)=CCC(C)[C@H]2C. The first-order valence-corrected chi connectivity index (χ1v) is 5.29. The molecule has 1 unspecified atom stereocenters. The number of nitriles is 1. The van der Waals surface area contributed by atoms with Crippen LogP contribution in [0.1, 0.15) is 37.8 Å². The first kappa shape index (κ1) is 9.97. The number of aryl methyl sites for hydroxylation is 1. The Balaban J connectivity index is 2.59. The third-order valence-electron chi connectivity index (χ3n) is 3.17. The van der Waals surface area contributed by atoms with Gasteiger partial charge in [0, 0.05) is 12.2 Å². The van der Waals surface area contributed by atoms with Crippen molar-refractivity contribution in [2.45, 2.75) is 33.2 Å². The Bertz CT molecular complexity index is 448. The van der Waals surface area contributed by atoms with Crippen LogP contribution in [0.2, 0.25) is 0 Å². The predicted octanol–water partition coefficient (Wildman–Crippen LogP) is 2.70. The zero-order chi connectivity index (χ0) is 11.0. The van der Waals surface area contributed by atoms with Crippen LogP contribution < -0.4 is 0 Å².